The standard InChI is InChI=1S/C12H19N3O/c1-8-5-4-6-15(10(8)3)12(16)11-7-13-14-9(11)2/h7-8,10H,4-6H2,1-3H3,(H,13,14). The molecule has 4 heteroatoms. The third-order valence-electron chi connectivity index (χ3n) is 3.69. The molecule has 1 aliphatic rings. The number of nitrogens with one attached hydrogen (secondary N) is 1. The molecule has 1 N–H and O–H groups in total. The molecule has 1 aliphatic heterocycles. The van der Waals surface area contributed by atoms with Crippen molar-refractivity contribution in [2.24, 2.45) is 5.92 Å². The Labute approximate surface area is 96.0 Å². The van der Waals surface area contributed by atoms with Gasteiger partial charge in [-0.1, -0.05) is 6.92 Å². The number of piperidine rings is 1. The largest absolute Gasteiger partial charge is 0.336 e. The average Bonchev–Trinajstić information content (AvgIpc) is 2.68. The number of aromatic amines is 1. The van der Waals surface area contributed by atoms with Crippen LogP contribution in [0.25, 0.3) is 0 Å². The van der Waals surface area contributed by atoms with Crippen LogP contribution in [0.3, 0.4) is 0 Å². The summed E-state index contributed by atoms with van der Waals surface area (Å²) in [5, 5.41) is 6.73. The highest BCUT2D eigenvalue weighted by Gasteiger charge is 2.29. The van der Waals surface area contributed by atoms with E-state index >= 15 is 0 Å². The summed E-state index contributed by atoms with van der Waals surface area (Å²) in [6.07, 6.45) is 3.95. The zero-order valence-electron chi connectivity index (χ0n) is 10.2. The molecule has 88 valence electrons. The molecule has 0 saturated carbocycles. The van der Waals surface area contributed by atoms with Crippen LogP contribution < -0.4 is 0 Å². The van der Waals surface area contributed by atoms with Crippen molar-refractivity contribution in [1.82, 2.24) is 15.1 Å². The second kappa shape index (κ2) is 4.28. The van der Waals surface area contributed by atoms with E-state index in [2.05, 4.69) is 24.0 Å². The maximum absolute atomic E-state index is 12.3. The van der Waals surface area contributed by atoms with Crippen molar-refractivity contribution in [3.63, 3.8) is 0 Å². The van der Waals surface area contributed by atoms with Gasteiger partial charge in [-0.2, -0.15) is 5.10 Å². The van der Waals surface area contributed by atoms with E-state index in [1.807, 2.05) is 11.8 Å². The smallest absolute Gasteiger partial charge is 0.257 e. The molecule has 1 aromatic rings. The van der Waals surface area contributed by atoms with Crippen LogP contribution in [0.15, 0.2) is 6.20 Å². The summed E-state index contributed by atoms with van der Waals surface area (Å²) in [4.78, 5) is 14.3. The molecule has 16 heavy (non-hydrogen) atoms. The lowest BCUT2D eigenvalue weighted by molar-refractivity contribution is 0.0550. The van der Waals surface area contributed by atoms with Gasteiger partial charge in [0, 0.05) is 18.3 Å². The van der Waals surface area contributed by atoms with Crippen molar-refractivity contribution >= 4 is 5.91 Å². The average molecular weight is 221 g/mol. The van der Waals surface area contributed by atoms with Gasteiger partial charge in [-0.25, -0.2) is 0 Å². The summed E-state index contributed by atoms with van der Waals surface area (Å²) in [7, 11) is 0. The summed E-state index contributed by atoms with van der Waals surface area (Å²) >= 11 is 0. The summed E-state index contributed by atoms with van der Waals surface area (Å²) in [5.74, 6) is 0.704. The number of carbonyl (C=O) groups excluding carboxylic acids is 1. The van der Waals surface area contributed by atoms with Crippen LogP contribution >= 0.6 is 0 Å². The summed E-state index contributed by atoms with van der Waals surface area (Å²) in [6, 6.07) is 0.329. The minimum absolute atomic E-state index is 0.116. The van der Waals surface area contributed by atoms with Gasteiger partial charge in [-0.05, 0) is 32.6 Å². The Bertz CT molecular complexity index is 385. The maximum atomic E-state index is 12.3. The lowest BCUT2D eigenvalue weighted by atomic mass is 9.91. The molecule has 2 atom stereocenters. The molecular formula is C12H19N3O. The lowest BCUT2D eigenvalue weighted by Gasteiger charge is -2.37. The Morgan fingerprint density at radius 3 is 2.94 bits per heavy atom. The first-order valence-electron chi connectivity index (χ1n) is 5.92. The van der Waals surface area contributed by atoms with E-state index in [-0.39, 0.29) is 5.91 Å². The maximum Gasteiger partial charge on any atom is 0.257 e. The molecule has 1 saturated heterocycles. The molecule has 0 spiro atoms. The van der Waals surface area contributed by atoms with Crippen molar-refractivity contribution in [1.29, 1.82) is 0 Å². The zero-order valence-corrected chi connectivity index (χ0v) is 10.2. The first kappa shape index (κ1) is 11.2. The van der Waals surface area contributed by atoms with E-state index in [0.29, 0.717) is 17.5 Å². The number of rotatable bonds is 1. The second-order valence-corrected chi connectivity index (χ2v) is 4.77. The number of carbonyl (C=O) groups is 1. The number of hydrogen-bond donors (Lipinski definition) is 1. The summed E-state index contributed by atoms with van der Waals surface area (Å²) in [5.41, 5.74) is 1.57. The molecule has 1 fully saturated rings. The van der Waals surface area contributed by atoms with Crippen molar-refractivity contribution in [2.45, 2.75) is 39.7 Å². The van der Waals surface area contributed by atoms with Crippen LogP contribution in [-0.2, 0) is 0 Å². The normalized spacial score (nSPS) is 25.8. The minimum atomic E-state index is 0.116. The van der Waals surface area contributed by atoms with E-state index in [1.54, 1.807) is 6.20 Å². The highest BCUT2D eigenvalue weighted by molar-refractivity contribution is 5.95. The van der Waals surface area contributed by atoms with Crippen molar-refractivity contribution in [3.8, 4) is 0 Å². The van der Waals surface area contributed by atoms with Gasteiger partial charge in [-0.15, -0.1) is 0 Å². The Hall–Kier alpha value is -1.32. The predicted molar refractivity (Wildman–Crippen MR) is 62.2 cm³/mol. The highest BCUT2D eigenvalue weighted by Crippen LogP contribution is 2.24. The lowest BCUT2D eigenvalue weighted by Crippen LogP contribution is -2.46. The van der Waals surface area contributed by atoms with Crippen molar-refractivity contribution in [2.75, 3.05) is 6.54 Å². The van der Waals surface area contributed by atoms with Crippen LogP contribution in [0.2, 0.25) is 0 Å². The molecular weight excluding hydrogens is 202 g/mol. The first-order chi connectivity index (χ1) is 7.61. The number of hydrogen-bond acceptors (Lipinski definition) is 2. The summed E-state index contributed by atoms with van der Waals surface area (Å²) in [6.45, 7) is 7.11. The Balaban J connectivity index is 2.18. The van der Waals surface area contributed by atoms with Crippen LogP contribution in [0.1, 0.15) is 42.7 Å². The SMILES string of the molecule is Cc1[nH]ncc1C(=O)N1CCCC(C)C1C. The van der Waals surface area contributed by atoms with E-state index in [1.165, 1.54) is 6.42 Å². The van der Waals surface area contributed by atoms with Gasteiger partial charge in [0.05, 0.1) is 11.8 Å². The molecule has 0 bridgehead atoms. The molecule has 4 nitrogen and oxygen atoms in total. The highest BCUT2D eigenvalue weighted by atomic mass is 16.2. The van der Waals surface area contributed by atoms with Gasteiger partial charge in [0.15, 0.2) is 0 Å². The van der Waals surface area contributed by atoms with Crippen LogP contribution in [-0.4, -0.2) is 33.6 Å². The fourth-order valence-corrected chi connectivity index (χ4v) is 2.34. The molecule has 1 amide bonds. The number of aryl methyl sites for hydroxylation is 1. The van der Waals surface area contributed by atoms with Gasteiger partial charge in [0.1, 0.15) is 0 Å². The van der Waals surface area contributed by atoms with E-state index in [0.717, 1.165) is 18.7 Å². The monoisotopic (exact) mass is 221 g/mol. The molecule has 0 radical (unpaired) electrons. The van der Waals surface area contributed by atoms with Gasteiger partial charge >= 0.3 is 0 Å². The van der Waals surface area contributed by atoms with Gasteiger partial charge in [-0.3, -0.25) is 9.89 Å². The number of amides is 1. The van der Waals surface area contributed by atoms with E-state index in [4.69, 9.17) is 0 Å². The zero-order chi connectivity index (χ0) is 11.7. The number of aromatic nitrogens is 2. The molecule has 0 aromatic carbocycles. The third-order valence-corrected chi connectivity index (χ3v) is 3.69. The number of likely N-dealkylation sites (tertiary alicyclic amines) is 1. The fourth-order valence-electron chi connectivity index (χ4n) is 2.34. The molecule has 2 unspecified atom stereocenters. The Morgan fingerprint density at radius 1 is 1.56 bits per heavy atom. The van der Waals surface area contributed by atoms with Crippen molar-refractivity contribution < 1.29 is 4.79 Å². The first-order valence-corrected chi connectivity index (χ1v) is 5.92. The minimum Gasteiger partial charge on any atom is -0.336 e. The fraction of sp³-hybridized carbons (Fsp3) is 0.667. The van der Waals surface area contributed by atoms with E-state index in [9.17, 15) is 4.79 Å². The van der Waals surface area contributed by atoms with E-state index < -0.39 is 0 Å². The van der Waals surface area contributed by atoms with Crippen LogP contribution in [0.4, 0.5) is 0 Å². The van der Waals surface area contributed by atoms with Gasteiger partial charge in [0.2, 0.25) is 0 Å². The molecule has 2 heterocycles. The molecule has 0 aliphatic carbocycles. The van der Waals surface area contributed by atoms with Gasteiger partial charge in [0.25, 0.3) is 5.91 Å². The van der Waals surface area contributed by atoms with Crippen molar-refractivity contribution in [3.05, 3.63) is 17.5 Å². The predicted octanol–water partition coefficient (Wildman–Crippen LogP) is 1.98. The summed E-state index contributed by atoms with van der Waals surface area (Å²) < 4.78 is 0. The quantitative estimate of drug-likeness (QED) is 0.788. The second-order valence-electron chi connectivity index (χ2n) is 4.77. The van der Waals surface area contributed by atoms with Gasteiger partial charge < -0.3 is 4.90 Å². The Morgan fingerprint density at radius 2 is 2.31 bits per heavy atom. The number of H-pyrrole nitrogens is 1. The Kier molecular flexibility index (Phi) is 2.99. The van der Waals surface area contributed by atoms with Crippen LogP contribution in [0.5, 0.6) is 0 Å². The third kappa shape index (κ3) is 1.84. The van der Waals surface area contributed by atoms with Crippen LogP contribution in [0, 0.1) is 12.8 Å². The number of nitrogens with zero attached hydrogens (tertiary/aromatic N) is 2. The molecule has 2 rings (SSSR count). The topological polar surface area (TPSA) is 49.0 Å². The molecule has 1 aromatic heterocycles.